The molecule has 0 heterocycles. The molecule has 0 saturated heterocycles. The second-order valence-electron chi connectivity index (χ2n) is 6.90. The van der Waals surface area contributed by atoms with Crippen LogP contribution < -0.4 is 5.32 Å². The molecule has 19 heavy (non-hydrogen) atoms. The van der Waals surface area contributed by atoms with Crippen molar-refractivity contribution in [2.75, 3.05) is 6.54 Å². The van der Waals surface area contributed by atoms with Crippen LogP contribution in [0.15, 0.2) is 0 Å². The maximum absolute atomic E-state index is 11.3. The highest BCUT2D eigenvalue weighted by Gasteiger charge is 2.32. The molecule has 3 heteroatoms. The van der Waals surface area contributed by atoms with Crippen LogP contribution in [0.25, 0.3) is 0 Å². The molecule has 0 aromatic heterocycles. The lowest BCUT2D eigenvalue weighted by Crippen LogP contribution is -2.43. The van der Waals surface area contributed by atoms with Crippen molar-refractivity contribution in [3.8, 4) is 0 Å². The van der Waals surface area contributed by atoms with Crippen molar-refractivity contribution in [1.29, 1.82) is 0 Å². The van der Waals surface area contributed by atoms with Crippen molar-refractivity contribution in [1.82, 2.24) is 5.32 Å². The molecule has 0 bridgehead atoms. The number of rotatable bonds is 4. The van der Waals surface area contributed by atoms with E-state index in [0.717, 1.165) is 37.6 Å². The maximum atomic E-state index is 11.3. The summed E-state index contributed by atoms with van der Waals surface area (Å²) in [5.41, 5.74) is 0. The molecule has 3 nitrogen and oxygen atoms in total. The van der Waals surface area contributed by atoms with Crippen molar-refractivity contribution in [2.24, 2.45) is 23.7 Å². The molecule has 2 fully saturated rings. The Hall–Kier alpha value is -0.570. The Kier molecular flexibility index (Phi) is 5.26. The van der Waals surface area contributed by atoms with Gasteiger partial charge in [0.15, 0.2) is 0 Å². The molecule has 0 radical (unpaired) electrons. The molecular formula is C16H29NO2. The van der Waals surface area contributed by atoms with Crippen LogP contribution in [0.5, 0.6) is 0 Å². The fraction of sp³-hybridized carbons (Fsp3) is 0.938. The molecule has 2 N–H and O–H groups in total. The molecule has 5 atom stereocenters. The standard InChI is InChI=1S/C16H29NO2/c1-11-7-8-15(12(2)9-11)17-10-13-5-3-4-6-14(13)16(18)19/h11-15,17H,3-10H2,1-2H3,(H,18,19). The average molecular weight is 267 g/mol. The van der Waals surface area contributed by atoms with Crippen LogP contribution in [0, 0.1) is 23.7 Å². The second-order valence-corrected chi connectivity index (χ2v) is 6.90. The van der Waals surface area contributed by atoms with Crippen molar-refractivity contribution in [3.63, 3.8) is 0 Å². The van der Waals surface area contributed by atoms with E-state index in [4.69, 9.17) is 0 Å². The number of hydrogen-bond acceptors (Lipinski definition) is 2. The van der Waals surface area contributed by atoms with Gasteiger partial charge in [-0.05, 0) is 56.4 Å². The number of nitrogens with one attached hydrogen (secondary N) is 1. The average Bonchev–Trinajstić information content (AvgIpc) is 2.38. The third-order valence-corrected chi connectivity index (χ3v) is 5.30. The Morgan fingerprint density at radius 1 is 1.16 bits per heavy atom. The molecule has 2 saturated carbocycles. The number of hydrogen-bond donors (Lipinski definition) is 2. The number of aliphatic carboxylic acids is 1. The highest BCUT2D eigenvalue weighted by atomic mass is 16.4. The zero-order chi connectivity index (χ0) is 13.8. The fourth-order valence-corrected chi connectivity index (χ4v) is 4.05. The predicted octanol–water partition coefficient (Wildman–Crippen LogP) is 3.29. The van der Waals surface area contributed by atoms with Crippen LogP contribution >= 0.6 is 0 Å². The normalized spacial score (nSPS) is 40.0. The molecule has 0 amide bonds. The van der Waals surface area contributed by atoms with Crippen LogP contribution in [-0.2, 0) is 4.79 Å². The minimum absolute atomic E-state index is 0.112. The quantitative estimate of drug-likeness (QED) is 0.821. The third kappa shape index (κ3) is 3.95. The van der Waals surface area contributed by atoms with Crippen LogP contribution in [0.3, 0.4) is 0 Å². The van der Waals surface area contributed by atoms with E-state index in [9.17, 15) is 9.90 Å². The summed E-state index contributed by atoms with van der Waals surface area (Å²) in [5.74, 6) is 1.24. The monoisotopic (exact) mass is 267 g/mol. The molecule has 0 aromatic carbocycles. The van der Waals surface area contributed by atoms with Gasteiger partial charge in [0, 0.05) is 6.04 Å². The molecule has 0 aliphatic heterocycles. The van der Waals surface area contributed by atoms with Gasteiger partial charge in [-0.15, -0.1) is 0 Å². The first-order valence-corrected chi connectivity index (χ1v) is 8.04. The van der Waals surface area contributed by atoms with Gasteiger partial charge >= 0.3 is 5.97 Å². The van der Waals surface area contributed by atoms with Gasteiger partial charge in [-0.25, -0.2) is 0 Å². The molecule has 2 aliphatic carbocycles. The van der Waals surface area contributed by atoms with E-state index in [1.807, 2.05) is 0 Å². The van der Waals surface area contributed by atoms with Crippen LogP contribution in [0.4, 0.5) is 0 Å². The minimum atomic E-state index is -0.586. The van der Waals surface area contributed by atoms with Gasteiger partial charge in [0.05, 0.1) is 5.92 Å². The van der Waals surface area contributed by atoms with Gasteiger partial charge in [-0.1, -0.05) is 26.7 Å². The summed E-state index contributed by atoms with van der Waals surface area (Å²) < 4.78 is 0. The molecule has 0 aromatic rings. The molecule has 2 rings (SSSR count). The second kappa shape index (κ2) is 6.74. The van der Waals surface area contributed by atoms with Gasteiger partial charge in [-0.2, -0.15) is 0 Å². The van der Waals surface area contributed by atoms with Crippen LogP contribution in [0.2, 0.25) is 0 Å². The van der Waals surface area contributed by atoms with Crippen molar-refractivity contribution in [3.05, 3.63) is 0 Å². The Bertz CT molecular complexity index is 305. The molecule has 2 aliphatic rings. The lowest BCUT2D eigenvalue weighted by atomic mass is 9.77. The summed E-state index contributed by atoms with van der Waals surface area (Å²) in [6.07, 6.45) is 8.13. The number of carbonyl (C=O) groups is 1. The number of carboxylic acid groups (broad SMARTS) is 1. The van der Waals surface area contributed by atoms with Crippen molar-refractivity contribution in [2.45, 2.75) is 64.8 Å². The summed E-state index contributed by atoms with van der Waals surface area (Å²) in [6, 6.07) is 0.604. The zero-order valence-electron chi connectivity index (χ0n) is 12.4. The first-order chi connectivity index (χ1) is 9.08. The lowest BCUT2D eigenvalue weighted by Gasteiger charge is -2.36. The highest BCUT2D eigenvalue weighted by Crippen LogP contribution is 2.32. The summed E-state index contributed by atoms with van der Waals surface area (Å²) in [4.78, 5) is 11.3. The highest BCUT2D eigenvalue weighted by molar-refractivity contribution is 5.70. The van der Waals surface area contributed by atoms with Gasteiger partial charge in [0.2, 0.25) is 0 Å². The van der Waals surface area contributed by atoms with Gasteiger partial charge in [0.1, 0.15) is 0 Å². The molecule has 110 valence electrons. The summed E-state index contributed by atoms with van der Waals surface area (Å²) in [7, 11) is 0. The third-order valence-electron chi connectivity index (χ3n) is 5.30. The van der Waals surface area contributed by atoms with Crippen LogP contribution in [-0.4, -0.2) is 23.7 Å². The Balaban J connectivity index is 1.81. The summed E-state index contributed by atoms with van der Waals surface area (Å²) >= 11 is 0. The van der Waals surface area contributed by atoms with E-state index in [1.165, 1.54) is 25.7 Å². The molecular weight excluding hydrogens is 238 g/mol. The first-order valence-electron chi connectivity index (χ1n) is 8.04. The topological polar surface area (TPSA) is 49.3 Å². The largest absolute Gasteiger partial charge is 0.481 e. The minimum Gasteiger partial charge on any atom is -0.481 e. The Morgan fingerprint density at radius 3 is 2.58 bits per heavy atom. The van der Waals surface area contributed by atoms with Gasteiger partial charge < -0.3 is 10.4 Å². The van der Waals surface area contributed by atoms with Gasteiger partial charge in [0.25, 0.3) is 0 Å². The maximum Gasteiger partial charge on any atom is 0.306 e. The van der Waals surface area contributed by atoms with E-state index >= 15 is 0 Å². The smallest absolute Gasteiger partial charge is 0.306 e. The summed E-state index contributed by atoms with van der Waals surface area (Å²) in [6.45, 7) is 5.58. The zero-order valence-corrected chi connectivity index (χ0v) is 12.4. The van der Waals surface area contributed by atoms with Crippen LogP contribution in [0.1, 0.15) is 58.8 Å². The van der Waals surface area contributed by atoms with Gasteiger partial charge in [-0.3, -0.25) is 4.79 Å². The lowest BCUT2D eigenvalue weighted by molar-refractivity contribution is -0.144. The first kappa shape index (κ1) is 14.8. The Morgan fingerprint density at radius 2 is 1.89 bits per heavy atom. The molecule has 0 spiro atoms. The number of carboxylic acids is 1. The SMILES string of the molecule is CC1CCC(NCC2CCCCC2C(=O)O)C(C)C1. The van der Waals surface area contributed by atoms with E-state index < -0.39 is 5.97 Å². The van der Waals surface area contributed by atoms with E-state index in [0.29, 0.717) is 12.0 Å². The summed E-state index contributed by atoms with van der Waals surface area (Å²) in [5, 5.41) is 13.0. The fourth-order valence-electron chi connectivity index (χ4n) is 4.05. The van der Waals surface area contributed by atoms with E-state index in [-0.39, 0.29) is 5.92 Å². The predicted molar refractivity (Wildman–Crippen MR) is 77.1 cm³/mol. The van der Waals surface area contributed by atoms with Crippen molar-refractivity contribution >= 4 is 5.97 Å². The van der Waals surface area contributed by atoms with E-state index in [2.05, 4.69) is 19.2 Å². The van der Waals surface area contributed by atoms with Crippen molar-refractivity contribution < 1.29 is 9.90 Å². The Labute approximate surface area is 117 Å². The molecule has 5 unspecified atom stereocenters. The van der Waals surface area contributed by atoms with E-state index in [1.54, 1.807) is 0 Å².